The molecule has 0 spiro atoms. The average molecular weight is 158 g/mol. The van der Waals surface area contributed by atoms with Crippen molar-refractivity contribution >= 4 is 7.32 Å². The van der Waals surface area contributed by atoms with E-state index in [4.69, 9.17) is 14.3 Å². The summed E-state index contributed by atoms with van der Waals surface area (Å²) in [6, 6.07) is 0. The Kier molecular flexibility index (Phi) is 3.36. The fraction of sp³-hybridized carbons (Fsp3) is 1.00. The van der Waals surface area contributed by atoms with Crippen molar-refractivity contribution in [3.63, 3.8) is 0 Å². The Morgan fingerprint density at radius 3 is 2.09 bits per heavy atom. The lowest BCUT2D eigenvalue weighted by molar-refractivity contribution is -0.0199. The molecule has 0 radical (unpaired) electrons. The van der Waals surface area contributed by atoms with Crippen molar-refractivity contribution < 1.29 is 14.3 Å². The van der Waals surface area contributed by atoms with Crippen LogP contribution in [0.5, 0.6) is 0 Å². The molecule has 0 amide bonds. The molecule has 0 aromatic carbocycles. The summed E-state index contributed by atoms with van der Waals surface area (Å²) in [5.74, 6) is 0. The highest BCUT2D eigenvalue weighted by atomic mass is 16.7. The highest BCUT2D eigenvalue weighted by Gasteiger charge is 2.31. The molecule has 0 aromatic rings. The first-order chi connectivity index (χ1) is 5.26. The van der Waals surface area contributed by atoms with Crippen LogP contribution in [-0.4, -0.2) is 24.6 Å². The molecule has 4 heteroatoms. The lowest BCUT2D eigenvalue weighted by atomic mass is 10.0. The second-order valence-corrected chi connectivity index (χ2v) is 2.88. The first-order valence-electron chi connectivity index (χ1n) is 4.25. The molecule has 2 atom stereocenters. The van der Waals surface area contributed by atoms with Gasteiger partial charge in [0.25, 0.3) is 0 Å². The Labute approximate surface area is 67.9 Å². The minimum Gasteiger partial charge on any atom is -0.402 e. The molecule has 1 aliphatic rings. The molecule has 1 N–H and O–H groups in total. The van der Waals surface area contributed by atoms with Gasteiger partial charge in [-0.05, 0) is 19.3 Å². The van der Waals surface area contributed by atoms with Crippen LogP contribution >= 0.6 is 0 Å². The Morgan fingerprint density at radius 1 is 1.27 bits per heavy atom. The topological polar surface area (TPSA) is 38.7 Å². The molecule has 0 bridgehead atoms. The van der Waals surface area contributed by atoms with Crippen LogP contribution in [0.4, 0.5) is 0 Å². The van der Waals surface area contributed by atoms with Gasteiger partial charge in [-0.1, -0.05) is 13.8 Å². The van der Waals surface area contributed by atoms with Crippen LogP contribution in [0.3, 0.4) is 0 Å². The van der Waals surface area contributed by atoms with Crippen LogP contribution in [0.2, 0.25) is 0 Å². The molecule has 3 nitrogen and oxygen atoms in total. The quantitative estimate of drug-likeness (QED) is 0.608. The van der Waals surface area contributed by atoms with Gasteiger partial charge in [-0.25, -0.2) is 0 Å². The molecule has 1 fully saturated rings. The van der Waals surface area contributed by atoms with Gasteiger partial charge >= 0.3 is 7.32 Å². The first-order valence-corrected chi connectivity index (χ1v) is 4.25. The Morgan fingerprint density at radius 2 is 1.73 bits per heavy atom. The van der Waals surface area contributed by atoms with Crippen molar-refractivity contribution in [1.82, 2.24) is 0 Å². The van der Waals surface area contributed by atoms with E-state index in [0.717, 1.165) is 19.3 Å². The Hall–Kier alpha value is -0.0551. The third kappa shape index (κ3) is 2.47. The largest absolute Gasteiger partial charge is 0.637 e. The summed E-state index contributed by atoms with van der Waals surface area (Å²) >= 11 is 0. The van der Waals surface area contributed by atoms with Gasteiger partial charge in [0.2, 0.25) is 0 Å². The maximum absolute atomic E-state index is 9.07. The average Bonchev–Trinajstić information content (AvgIpc) is 2.03. The van der Waals surface area contributed by atoms with Gasteiger partial charge in [0.15, 0.2) is 0 Å². The number of hydrogen-bond donors (Lipinski definition) is 1. The minimum absolute atomic E-state index is 0.170. The number of rotatable bonds is 2. The molecule has 1 heterocycles. The van der Waals surface area contributed by atoms with Gasteiger partial charge in [-0.2, -0.15) is 0 Å². The van der Waals surface area contributed by atoms with E-state index in [0.29, 0.717) is 0 Å². The summed E-state index contributed by atoms with van der Waals surface area (Å²) in [6.07, 6.45) is 3.13. The van der Waals surface area contributed by atoms with Crippen LogP contribution in [0.25, 0.3) is 0 Å². The van der Waals surface area contributed by atoms with Crippen molar-refractivity contribution in [2.75, 3.05) is 0 Å². The summed E-state index contributed by atoms with van der Waals surface area (Å²) in [5, 5.41) is 9.07. The molecule has 1 rings (SSSR count). The SMILES string of the molecule is CCC1CC(CC)OB(O)O1. The summed E-state index contributed by atoms with van der Waals surface area (Å²) in [7, 11) is -1.00. The van der Waals surface area contributed by atoms with Crippen molar-refractivity contribution in [3.05, 3.63) is 0 Å². The molecule has 1 saturated heterocycles. The van der Waals surface area contributed by atoms with Gasteiger partial charge in [0.05, 0.1) is 0 Å². The van der Waals surface area contributed by atoms with E-state index in [1.165, 1.54) is 0 Å². The minimum atomic E-state index is -1.00. The van der Waals surface area contributed by atoms with Gasteiger partial charge in [-0.15, -0.1) is 0 Å². The smallest absolute Gasteiger partial charge is 0.402 e. The monoisotopic (exact) mass is 158 g/mol. The summed E-state index contributed by atoms with van der Waals surface area (Å²) in [5.41, 5.74) is 0. The lowest BCUT2D eigenvalue weighted by Crippen LogP contribution is -2.40. The van der Waals surface area contributed by atoms with Gasteiger partial charge in [0.1, 0.15) is 0 Å². The van der Waals surface area contributed by atoms with E-state index in [1.54, 1.807) is 0 Å². The maximum Gasteiger partial charge on any atom is 0.637 e. The fourth-order valence-electron chi connectivity index (χ4n) is 1.29. The predicted octanol–water partition coefficient (Wildman–Crippen LogP) is 0.958. The molecule has 1 aliphatic heterocycles. The van der Waals surface area contributed by atoms with E-state index >= 15 is 0 Å². The zero-order chi connectivity index (χ0) is 8.27. The van der Waals surface area contributed by atoms with Crippen molar-refractivity contribution in [3.8, 4) is 0 Å². The summed E-state index contributed by atoms with van der Waals surface area (Å²) in [4.78, 5) is 0. The highest BCUT2D eigenvalue weighted by molar-refractivity contribution is 6.34. The molecular formula is C7H15BO3. The van der Waals surface area contributed by atoms with E-state index in [-0.39, 0.29) is 12.2 Å². The molecule has 0 aliphatic carbocycles. The van der Waals surface area contributed by atoms with E-state index in [2.05, 4.69) is 13.8 Å². The summed E-state index contributed by atoms with van der Waals surface area (Å²) in [6.45, 7) is 4.10. The second kappa shape index (κ2) is 4.09. The maximum atomic E-state index is 9.07. The van der Waals surface area contributed by atoms with Crippen LogP contribution in [0, 0.1) is 0 Å². The van der Waals surface area contributed by atoms with Crippen LogP contribution in [0.15, 0.2) is 0 Å². The molecule has 0 aromatic heterocycles. The molecular weight excluding hydrogens is 143 g/mol. The van der Waals surface area contributed by atoms with Crippen molar-refractivity contribution in [1.29, 1.82) is 0 Å². The third-order valence-corrected chi connectivity index (χ3v) is 2.05. The van der Waals surface area contributed by atoms with Crippen LogP contribution in [-0.2, 0) is 9.31 Å². The predicted molar refractivity (Wildman–Crippen MR) is 42.9 cm³/mol. The van der Waals surface area contributed by atoms with Crippen LogP contribution < -0.4 is 0 Å². The molecule has 11 heavy (non-hydrogen) atoms. The van der Waals surface area contributed by atoms with Gasteiger partial charge in [-0.3, -0.25) is 0 Å². The lowest BCUT2D eigenvalue weighted by Gasteiger charge is -2.30. The first kappa shape index (κ1) is 9.04. The number of hydrogen-bond acceptors (Lipinski definition) is 3. The van der Waals surface area contributed by atoms with Crippen molar-refractivity contribution in [2.24, 2.45) is 0 Å². The van der Waals surface area contributed by atoms with Gasteiger partial charge in [0, 0.05) is 12.2 Å². The summed E-state index contributed by atoms with van der Waals surface area (Å²) < 4.78 is 10.2. The molecule has 2 unspecified atom stereocenters. The van der Waals surface area contributed by atoms with E-state index in [9.17, 15) is 0 Å². The second-order valence-electron chi connectivity index (χ2n) is 2.88. The zero-order valence-electron chi connectivity index (χ0n) is 7.12. The molecule has 64 valence electrons. The van der Waals surface area contributed by atoms with Crippen LogP contribution in [0.1, 0.15) is 33.1 Å². The van der Waals surface area contributed by atoms with Crippen molar-refractivity contribution in [2.45, 2.75) is 45.3 Å². The Bertz CT molecular complexity index is 108. The Balaban J connectivity index is 2.37. The molecule has 0 saturated carbocycles. The van der Waals surface area contributed by atoms with E-state index < -0.39 is 7.32 Å². The highest BCUT2D eigenvalue weighted by Crippen LogP contribution is 2.19. The van der Waals surface area contributed by atoms with Gasteiger partial charge < -0.3 is 14.3 Å². The standard InChI is InChI=1S/C7H15BO3/c1-3-6-5-7(4-2)11-8(9)10-6/h6-7,9H,3-5H2,1-2H3. The fourth-order valence-corrected chi connectivity index (χ4v) is 1.29. The third-order valence-electron chi connectivity index (χ3n) is 2.05. The zero-order valence-corrected chi connectivity index (χ0v) is 7.12. The van der Waals surface area contributed by atoms with E-state index in [1.807, 2.05) is 0 Å². The normalized spacial score (nSPS) is 32.5.